The first-order chi connectivity index (χ1) is 15.8. The maximum atomic E-state index is 12.7. The zero-order valence-corrected chi connectivity index (χ0v) is 19.3. The summed E-state index contributed by atoms with van der Waals surface area (Å²) in [4.78, 5) is 12.4. The molecule has 0 saturated carbocycles. The number of nitrogens with one attached hydrogen (secondary N) is 2. The average molecular weight is 471 g/mol. The Bertz CT molecular complexity index is 1250. The Kier molecular flexibility index (Phi) is 6.55. The molecule has 9 nitrogen and oxygen atoms in total. The first-order valence-corrected chi connectivity index (χ1v) is 12.1. The number of benzene rings is 2. The van der Waals surface area contributed by atoms with Crippen LogP contribution < -0.4 is 19.5 Å². The van der Waals surface area contributed by atoms with Crippen LogP contribution in [0.2, 0.25) is 0 Å². The first kappa shape index (κ1) is 22.7. The number of sulfonamides is 1. The van der Waals surface area contributed by atoms with Crippen LogP contribution in [0, 0.1) is 13.8 Å². The van der Waals surface area contributed by atoms with Gasteiger partial charge in [0.15, 0.2) is 11.5 Å². The molecule has 33 heavy (non-hydrogen) atoms. The van der Waals surface area contributed by atoms with Crippen molar-refractivity contribution in [3.8, 4) is 11.5 Å². The Labute approximate surface area is 192 Å². The number of fused-ring (bicyclic) bond motifs is 1. The third-order valence-corrected chi connectivity index (χ3v) is 6.54. The monoisotopic (exact) mass is 470 g/mol. The zero-order valence-electron chi connectivity index (χ0n) is 18.5. The number of aromatic nitrogens is 2. The highest BCUT2D eigenvalue weighted by Gasteiger charge is 2.19. The minimum absolute atomic E-state index is 0.0659. The zero-order chi connectivity index (χ0) is 23.4. The molecular weight excluding hydrogens is 444 g/mol. The topological polar surface area (TPSA) is 112 Å². The molecule has 0 radical (unpaired) electrons. The predicted molar refractivity (Wildman–Crippen MR) is 123 cm³/mol. The van der Waals surface area contributed by atoms with Crippen LogP contribution in [-0.2, 0) is 16.6 Å². The van der Waals surface area contributed by atoms with Gasteiger partial charge < -0.3 is 14.8 Å². The van der Waals surface area contributed by atoms with E-state index in [2.05, 4.69) is 15.1 Å². The van der Waals surface area contributed by atoms with Gasteiger partial charge in [0.05, 0.1) is 10.6 Å². The van der Waals surface area contributed by atoms with Crippen molar-refractivity contribution < 1.29 is 22.7 Å². The van der Waals surface area contributed by atoms with E-state index in [-0.39, 0.29) is 10.8 Å². The molecule has 0 aliphatic carbocycles. The van der Waals surface area contributed by atoms with Crippen molar-refractivity contribution in [2.45, 2.75) is 31.7 Å². The molecule has 3 aromatic rings. The molecule has 0 atom stereocenters. The normalized spacial score (nSPS) is 12.9. The maximum absolute atomic E-state index is 12.7. The third kappa shape index (κ3) is 5.46. The van der Waals surface area contributed by atoms with Crippen molar-refractivity contribution in [3.63, 3.8) is 0 Å². The molecule has 4 rings (SSSR count). The largest absolute Gasteiger partial charge is 0.486 e. The van der Waals surface area contributed by atoms with Crippen molar-refractivity contribution in [1.82, 2.24) is 15.1 Å². The quantitative estimate of drug-likeness (QED) is 0.490. The van der Waals surface area contributed by atoms with E-state index in [0.29, 0.717) is 42.5 Å². The van der Waals surface area contributed by atoms with Crippen molar-refractivity contribution in [2.75, 3.05) is 24.5 Å². The molecule has 1 aliphatic heterocycles. The van der Waals surface area contributed by atoms with Gasteiger partial charge in [-0.1, -0.05) is 0 Å². The van der Waals surface area contributed by atoms with Gasteiger partial charge in [0.2, 0.25) is 0 Å². The van der Waals surface area contributed by atoms with E-state index < -0.39 is 10.0 Å². The highest BCUT2D eigenvalue weighted by atomic mass is 32.2. The van der Waals surface area contributed by atoms with Crippen LogP contribution in [0.15, 0.2) is 53.4 Å². The fourth-order valence-corrected chi connectivity index (χ4v) is 4.60. The van der Waals surface area contributed by atoms with Gasteiger partial charge in [0.1, 0.15) is 13.2 Å². The fraction of sp³-hybridized carbons (Fsp3) is 0.304. The van der Waals surface area contributed by atoms with E-state index in [4.69, 9.17) is 9.47 Å². The summed E-state index contributed by atoms with van der Waals surface area (Å²) in [5.41, 5.74) is 2.86. The van der Waals surface area contributed by atoms with Crippen molar-refractivity contribution in [3.05, 3.63) is 65.5 Å². The molecule has 0 unspecified atom stereocenters. The smallest absolute Gasteiger partial charge is 0.262 e. The lowest BCUT2D eigenvalue weighted by molar-refractivity contribution is 0.0952. The van der Waals surface area contributed by atoms with E-state index in [1.807, 2.05) is 24.6 Å². The second kappa shape index (κ2) is 9.53. The maximum Gasteiger partial charge on any atom is 0.262 e. The number of ether oxygens (including phenoxy) is 2. The minimum atomic E-state index is -3.82. The number of anilines is 1. The number of rotatable bonds is 8. The van der Waals surface area contributed by atoms with E-state index in [1.54, 1.807) is 30.3 Å². The summed E-state index contributed by atoms with van der Waals surface area (Å²) in [7, 11) is -3.82. The molecule has 174 valence electrons. The van der Waals surface area contributed by atoms with E-state index in [0.717, 1.165) is 24.4 Å². The van der Waals surface area contributed by atoms with Gasteiger partial charge in [-0.2, -0.15) is 5.10 Å². The van der Waals surface area contributed by atoms with Crippen molar-refractivity contribution in [2.24, 2.45) is 0 Å². The molecule has 1 amide bonds. The average Bonchev–Trinajstić information content (AvgIpc) is 3.13. The molecule has 0 fully saturated rings. The second-order valence-corrected chi connectivity index (χ2v) is 9.43. The number of hydrogen-bond donors (Lipinski definition) is 2. The van der Waals surface area contributed by atoms with E-state index in [9.17, 15) is 13.2 Å². The third-order valence-electron chi connectivity index (χ3n) is 5.16. The molecule has 1 aromatic heterocycles. The second-order valence-electron chi connectivity index (χ2n) is 7.75. The summed E-state index contributed by atoms with van der Waals surface area (Å²) in [5.74, 6) is 0.698. The number of carbonyl (C=O) groups excluding carboxylic acids is 1. The summed E-state index contributed by atoms with van der Waals surface area (Å²) in [6.07, 6.45) is 0.751. The standard InChI is InChI=1S/C23H26N4O5S/c1-16-14-17(2)27(25-16)11-3-10-24-23(28)18-4-6-19(7-5-18)26-33(29,30)20-8-9-21-22(15-20)32-13-12-31-21/h4-9,14-15,26H,3,10-13H2,1-2H3,(H,24,28). The SMILES string of the molecule is Cc1cc(C)n(CCCNC(=O)c2ccc(NS(=O)(=O)c3ccc4c(c3)OCCO4)cc2)n1. The lowest BCUT2D eigenvalue weighted by atomic mass is 10.2. The van der Waals surface area contributed by atoms with Gasteiger partial charge in [-0.15, -0.1) is 0 Å². The van der Waals surface area contributed by atoms with Gasteiger partial charge in [0.25, 0.3) is 15.9 Å². The van der Waals surface area contributed by atoms with Crippen molar-refractivity contribution >= 4 is 21.6 Å². The Morgan fingerprint density at radius 3 is 2.45 bits per heavy atom. The van der Waals surface area contributed by atoms with Gasteiger partial charge in [-0.25, -0.2) is 8.42 Å². The highest BCUT2D eigenvalue weighted by molar-refractivity contribution is 7.92. The Morgan fingerprint density at radius 1 is 1.03 bits per heavy atom. The van der Waals surface area contributed by atoms with Gasteiger partial charge in [0, 0.05) is 36.1 Å². The van der Waals surface area contributed by atoms with Crippen LogP contribution in [0.3, 0.4) is 0 Å². The van der Waals surface area contributed by atoms with Crippen LogP contribution in [0.5, 0.6) is 11.5 Å². The first-order valence-electron chi connectivity index (χ1n) is 10.6. The van der Waals surface area contributed by atoms with Crippen LogP contribution in [-0.4, -0.2) is 43.9 Å². The summed E-state index contributed by atoms with van der Waals surface area (Å²) in [5, 5.41) is 7.28. The van der Waals surface area contributed by atoms with Crippen LogP contribution in [0.4, 0.5) is 5.69 Å². The minimum Gasteiger partial charge on any atom is -0.486 e. The lowest BCUT2D eigenvalue weighted by Crippen LogP contribution is -2.25. The Hall–Kier alpha value is -3.53. The molecule has 2 heterocycles. The van der Waals surface area contributed by atoms with Crippen molar-refractivity contribution in [1.29, 1.82) is 0 Å². The van der Waals surface area contributed by atoms with Gasteiger partial charge >= 0.3 is 0 Å². The van der Waals surface area contributed by atoms with E-state index in [1.165, 1.54) is 12.1 Å². The fourth-order valence-electron chi connectivity index (χ4n) is 3.53. The number of hydrogen-bond acceptors (Lipinski definition) is 6. The molecule has 0 saturated heterocycles. The lowest BCUT2D eigenvalue weighted by Gasteiger charge is -2.19. The highest BCUT2D eigenvalue weighted by Crippen LogP contribution is 2.32. The summed E-state index contributed by atoms with van der Waals surface area (Å²) in [6, 6.07) is 12.8. The molecular formula is C23H26N4O5S. The number of nitrogens with zero attached hydrogens (tertiary/aromatic N) is 2. The molecule has 1 aliphatic rings. The molecule has 2 N–H and O–H groups in total. The predicted octanol–water partition coefficient (Wildman–Crippen LogP) is 2.89. The number of aryl methyl sites for hydroxylation is 3. The van der Waals surface area contributed by atoms with Crippen LogP contribution in [0.25, 0.3) is 0 Å². The number of carbonyl (C=O) groups is 1. The summed E-state index contributed by atoms with van der Waals surface area (Å²) in [6.45, 7) is 5.99. The van der Waals surface area contributed by atoms with E-state index >= 15 is 0 Å². The van der Waals surface area contributed by atoms with Gasteiger partial charge in [-0.05, 0) is 62.7 Å². The van der Waals surface area contributed by atoms with Crippen LogP contribution in [0.1, 0.15) is 28.2 Å². The summed E-state index contributed by atoms with van der Waals surface area (Å²) < 4.78 is 40.8. The Balaban J connectivity index is 1.32. The number of amides is 1. The molecule has 2 aromatic carbocycles. The molecule has 0 bridgehead atoms. The molecule has 10 heteroatoms. The van der Waals surface area contributed by atoms with Crippen LogP contribution >= 0.6 is 0 Å². The molecule has 0 spiro atoms. The summed E-state index contributed by atoms with van der Waals surface area (Å²) >= 11 is 0. The Morgan fingerprint density at radius 2 is 1.76 bits per heavy atom. The van der Waals surface area contributed by atoms with Gasteiger partial charge in [-0.3, -0.25) is 14.2 Å².